The van der Waals surface area contributed by atoms with Gasteiger partial charge in [-0.25, -0.2) is 10.1 Å². The molecule has 0 bridgehead atoms. The Morgan fingerprint density at radius 1 is 1.16 bits per heavy atom. The summed E-state index contributed by atoms with van der Waals surface area (Å²) in [6.45, 7) is 7.40. The number of fused-ring (bicyclic) bond motifs is 1. The highest BCUT2D eigenvalue weighted by atomic mass is 16.5. The van der Waals surface area contributed by atoms with E-state index < -0.39 is 5.91 Å². The fraction of sp³-hybridized carbons (Fsp3) is 0.333. The van der Waals surface area contributed by atoms with E-state index in [2.05, 4.69) is 29.5 Å². The quantitative estimate of drug-likeness (QED) is 0.419. The lowest BCUT2D eigenvalue weighted by Gasteiger charge is -2.09. The van der Waals surface area contributed by atoms with Gasteiger partial charge in [-0.05, 0) is 54.7 Å². The molecular formula is C24H28N4O3. The van der Waals surface area contributed by atoms with Crippen LogP contribution in [0.1, 0.15) is 49.7 Å². The molecular weight excluding hydrogens is 392 g/mol. The van der Waals surface area contributed by atoms with Crippen LogP contribution >= 0.6 is 0 Å². The minimum Gasteiger partial charge on any atom is -0.494 e. The van der Waals surface area contributed by atoms with Crippen molar-refractivity contribution in [3.05, 3.63) is 70.1 Å². The van der Waals surface area contributed by atoms with Gasteiger partial charge in [0.25, 0.3) is 11.5 Å². The Labute approximate surface area is 181 Å². The number of carbonyl (C=O) groups is 1. The second-order valence-corrected chi connectivity index (χ2v) is 7.72. The van der Waals surface area contributed by atoms with E-state index in [1.165, 1.54) is 4.68 Å². The Balaban J connectivity index is 1.71. The van der Waals surface area contributed by atoms with E-state index in [1.807, 2.05) is 31.2 Å². The van der Waals surface area contributed by atoms with Crippen LogP contribution in [0.4, 0.5) is 0 Å². The molecule has 0 aliphatic heterocycles. The predicted octanol–water partition coefficient (Wildman–Crippen LogP) is 4.00. The second kappa shape index (κ2) is 10.5. The van der Waals surface area contributed by atoms with Gasteiger partial charge >= 0.3 is 0 Å². The standard InChI is InChI=1S/C24H28N4O3/c1-4-14-28-24(30)21-8-6-5-7-20(21)22(27-28)23(29)26-25-16-18-9-11-19(12-10-18)31-15-13-17(2)3/h5-12,16-17H,4,13-15H2,1-3H3,(H,26,29). The molecule has 1 heterocycles. The van der Waals surface area contributed by atoms with Crippen LogP contribution in [-0.4, -0.2) is 28.5 Å². The Bertz CT molecular complexity index is 1120. The molecule has 162 valence electrons. The zero-order valence-corrected chi connectivity index (χ0v) is 18.2. The molecule has 3 aromatic rings. The lowest BCUT2D eigenvalue weighted by atomic mass is 10.1. The molecule has 7 heteroatoms. The van der Waals surface area contributed by atoms with Crippen LogP contribution in [0.2, 0.25) is 0 Å². The van der Waals surface area contributed by atoms with Crippen molar-refractivity contribution in [1.82, 2.24) is 15.2 Å². The number of aryl methyl sites for hydroxylation is 1. The second-order valence-electron chi connectivity index (χ2n) is 7.72. The van der Waals surface area contributed by atoms with Gasteiger partial charge in [0.1, 0.15) is 5.75 Å². The Morgan fingerprint density at radius 3 is 2.55 bits per heavy atom. The molecule has 0 saturated carbocycles. The fourth-order valence-electron chi connectivity index (χ4n) is 3.05. The third kappa shape index (κ3) is 5.78. The first-order valence-corrected chi connectivity index (χ1v) is 10.6. The van der Waals surface area contributed by atoms with Crippen molar-refractivity contribution in [3.8, 4) is 5.75 Å². The van der Waals surface area contributed by atoms with E-state index in [4.69, 9.17) is 4.74 Å². The van der Waals surface area contributed by atoms with Crippen LogP contribution in [-0.2, 0) is 6.54 Å². The topological polar surface area (TPSA) is 85.6 Å². The van der Waals surface area contributed by atoms with Gasteiger partial charge in [0.15, 0.2) is 5.69 Å². The first-order chi connectivity index (χ1) is 15.0. The van der Waals surface area contributed by atoms with Gasteiger partial charge in [0.2, 0.25) is 0 Å². The number of hydrazone groups is 1. The summed E-state index contributed by atoms with van der Waals surface area (Å²) in [6.07, 6.45) is 3.30. The smallest absolute Gasteiger partial charge is 0.292 e. The molecule has 7 nitrogen and oxygen atoms in total. The largest absolute Gasteiger partial charge is 0.494 e. The highest BCUT2D eigenvalue weighted by Gasteiger charge is 2.16. The number of carbonyl (C=O) groups excluding carboxylic acids is 1. The summed E-state index contributed by atoms with van der Waals surface area (Å²) < 4.78 is 7.04. The minimum atomic E-state index is -0.467. The summed E-state index contributed by atoms with van der Waals surface area (Å²) in [5.74, 6) is 0.935. The SMILES string of the molecule is CCCn1nc(C(=O)NN=Cc2ccc(OCCC(C)C)cc2)c2ccccc2c1=O. The number of benzene rings is 2. The van der Waals surface area contributed by atoms with Crippen LogP contribution in [0.3, 0.4) is 0 Å². The van der Waals surface area contributed by atoms with E-state index in [-0.39, 0.29) is 11.3 Å². The summed E-state index contributed by atoms with van der Waals surface area (Å²) in [5.41, 5.74) is 3.31. The van der Waals surface area contributed by atoms with Crippen LogP contribution in [0, 0.1) is 5.92 Å². The van der Waals surface area contributed by atoms with Gasteiger partial charge in [-0.3, -0.25) is 9.59 Å². The van der Waals surface area contributed by atoms with E-state index in [0.29, 0.717) is 29.8 Å². The van der Waals surface area contributed by atoms with Crippen molar-refractivity contribution in [1.29, 1.82) is 0 Å². The minimum absolute atomic E-state index is 0.176. The average molecular weight is 421 g/mol. The Kier molecular flexibility index (Phi) is 7.54. The number of amides is 1. The summed E-state index contributed by atoms with van der Waals surface area (Å²) in [5, 5.41) is 9.29. The van der Waals surface area contributed by atoms with Gasteiger partial charge in [0.05, 0.1) is 18.2 Å². The maximum Gasteiger partial charge on any atom is 0.292 e. The summed E-state index contributed by atoms with van der Waals surface area (Å²) >= 11 is 0. The molecule has 0 fully saturated rings. The Hall–Kier alpha value is -3.48. The van der Waals surface area contributed by atoms with Crippen molar-refractivity contribution in [3.63, 3.8) is 0 Å². The van der Waals surface area contributed by atoms with Crippen LogP contribution in [0.5, 0.6) is 5.75 Å². The molecule has 31 heavy (non-hydrogen) atoms. The molecule has 0 unspecified atom stereocenters. The Morgan fingerprint density at radius 2 is 1.87 bits per heavy atom. The maximum absolute atomic E-state index is 12.7. The number of nitrogens with one attached hydrogen (secondary N) is 1. The number of rotatable bonds is 9. The highest BCUT2D eigenvalue weighted by molar-refractivity contribution is 6.04. The van der Waals surface area contributed by atoms with Crippen molar-refractivity contribution in [2.24, 2.45) is 11.0 Å². The van der Waals surface area contributed by atoms with Crippen molar-refractivity contribution >= 4 is 22.9 Å². The lowest BCUT2D eigenvalue weighted by molar-refractivity contribution is 0.0949. The number of nitrogens with zero attached hydrogens (tertiary/aromatic N) is 3. The number of hydrogen-bond donors (Lipinski definition) is 1. The molecule has 0 spiro atoms. The lowest BCUT2D eigenvalue weighted by Crippen LogP contribution is -2.29. The summed E-state index contributed by atoms with van der Waals surface area (Å²) in [6, 6.07) is 14.5. The highest BCUT2D eigenvalue weighted by Crippen LogP contribution is 2.14. The predicted molar refractivity (Wildman–Crippen MR) is 123 cm³/mol. The molecule has 2 aromatic carbocycles. The van der Waals surface area contributed by atoms with Gasteiger partial charge < -0.3 is 4.74 Å². The average Bonchev–Trinajstić information content (AvgIpc) is 2.76. The van der Waals surface area contributed by atoms with E-state index in [1.54, 1.807) is 30.5 Å². The summed E-state index contributed by atoms with van der Waals surface area (Å²) in [4.78, 5) is 25.3. The number of aromatic nitrogens is 2. The maximum atomic E-state index is 12.7. The monoisotopic (exact) mass is 420 g/mol. The van der Waals surface area contributed by atoms with Crippen LogP contribution in [0.25, 0.3) is 10.8 Å². The summed E-state index contributed by atoms with van der Waals surface area (Å²) in [7, 11) is 0. The van der Waals surface area contributed by atoms with Crippen molar-refractivity contribution in [2.75, 3.05) is 6.61 Å². The van der Waals surface area contributed by atoms with Gasteiger partial charge in [-0.2, -0.15) is 10.2 Å². The molecule has 0 atom stereocenters. The molecule has 0 aliphatic rings. The van der Waals surface area contributed by atoms with Crippen LogP contribution < -0.4 is 15.7 Å². The number of hydrogen-bond acceptors (Lipinski definition) is 5. The zero-order valence-electron chi connectivity index (χ0n) is 18.2. The third-order valence-electron chi connectivity index (χ3n) is 4.74. The molecule has 0 saturated heterocycles. The molecule has 0 aliphatic carbocycles. The third-order valence-corrected chi connectivity index (χ3v) is 4.74. The molecule has 0 radical (unpaired) electrons. The van der Waals surface area contributed by atoms with Gasteiger partial charge in [-0.1, -0.05) is 39.0 Å². The van der Waals surface area contributed by atoms with E-state index in [0.717, 1.165) is 24.2 Å². The molecule has 1 aromatic heterocycles. The normalized spacial score (nSPS) is 11.4. The molecule has 1 N–H and O–H groups in total. The number of ether oxygens (including phenoxy) is 1. The van der Waals surface area contributed by atoms with Gasteiger partial charge in [0, 0.05) is 11.9 Å². The van der Waals surface area contributed by atoms with Crippen molar-refractivity contribution in [2.45, 2.75) is 40.2 Å². The van der Waals surface area contributed by atoms with Crippen molar-refractivity contribution < 1.29 is 9.53 Å². The van der Waals surface area contributed by atoms with Gasteiger partial charge in [-0.15, -0.1) is 0 Å². The first kappa shape index (κ1) is 22.2. The fourth-order valence-corrected chi connectivity index (χ4v) is 3.05. The van der Waals surface area contributed by atoms with E-state index in [9.17, 15) is 9.59 Å². The van der Waals surface area contributed by atoms with Crippen LogP contribution in [0.15, 0.2) is 58.4 Å². The molecule has 3 rings (SSSR count). The van der Waals surface area contributed by atoms with E-state index >= 15 is 0 Å². The first-order valence-electron chi connectivity index (χ1n) is 10.6. The molecule has 1 amide bonds. The zero-order chi connectivity index (χ0) is 22.2.